The van der Waals surface area contributed by atoms with Crippen molar-refractivity contribution in [1.82, 2.24) is 0 Å². The summed E-state index contributed by atoms with van der Waals surface area (Å²) in [6.07, 6.45) is 2.60. The second-order valence-corrected chi connectivity index (χ2v) is 9.91. The largest absolute Gasteiger partial charge is 0.493 e. The van der Waals surface area contributed by atoms with Gasteiger partial charge in [-0.3, -0.25) is 9.59 Å². The highest BCUT2D eigenvalue weighted by Crippen LogP contribution is 2.61. The Morgan fingerprint density at radius 3 is 2.63 bits per heavy atom. The number of allylic oxidation sites excluding steroid dienone is 2. The molecular weight excluding hydrogens is 452 g/mol. The molecule has 4 aliphatic rings. The zero-order valence-electron chi connectivity index (χ0n) is 21.1. The van der Waals surface area contributed by atoms with Crippen LogP contribution in [0, 0.1) is 17.8 Å². The molecular formula is C27H32O8. The predicted octanol–water partition coefficient (Wildman–Crippen LogP) is 4.37. The predicted molar refractivity (Wildman–Crippen MR) is 125 cm³/mol. The number of Topliss-reactive ketones (excluding diaryl/α,β-unsaturated/α-hetero) is 1. The number of methoxy groups -OCH3 is 2. The van der Waals surface area contributed by atoms with Gasteiger partial charge in [-0.2, -0.15) is 0 Å². The van der Waals surface area contributed by atoms with Crippen LogP contribution in [-0.4, -0.2) is 39.4 Å². The molecule has 8 nitrogen and oxygen atoms in total. The fraction of sp³-hybridized carbons (Fsp3) is 0.556. The summed E-state index contributed by atoms with van der Waals surface area (Å²) in [6, 6.07) is 1.85. The first kappa shape index (κ1) is 23.6. The number of benzene rings is 1. The van der Waals surface area contributed by atoms with Crippen molar-refractivity contribution in [1.29, 1.82) is 0 Å². The van der Waals surface area contributed by atoms with Crippen LogP contribution in [0.1, 0.15) is 57.8 Å². The van der Waals surface area contributed by atoms with Gasteiger partial charge in [-0.1, -0.05) is 27.7 Å². The number of hydrogen-bond acceptors (Lipinski definition) is 8. The van der Waals surface area contributed by atoms with E-state index in [1.807, 2.05) is 26.0 Å². The summed E-state index contributed by atoms with van der Waals surface area (Å²) in [6.45, 7) is 8.17. The van der Waals surface area contributed by atoms with Crippen molar-refractivity contribution in [3.05, 3.63) is 40.4 Å². The molecule has 2 unspecified atom stereocenters. The van der Waals surface area contributed by atoms with Gasteiger partial charge in [0.1, 0.15) is 18.1 Å². The summed E-state index contributed by atoms with van der Waals surface area (Å²) in [5, 5.41) is 0. The summed E-state index contributed by atoms with van der Waals surface area (Å²) in [7, 11) is 2.99. The fourth-order valence-electron chi connectivity index (χ4n) is 5.59. The molecule has 1 spiro atoms. The van der Waals surface area contributed by atoms with Gasteiger partial charge in [0.25, 0.3) is 0 Å². The number of ether oxygens (including phenoxy) is 6. The van der Waals surface area contributed by atoms with E-state index < -0.39 is 11.5 Å². The Kier molecular flexibility index (Phi) is 5.73. The van der Waals surface area contributed by atoms with E-state index in [4.69, 9.17) is 28.4 Å². The highest BCUT2D eigenvalue weighted by atomic mass is 16.7. The monoisotopic (exact) mass is 484 g/mol. The van der Waals surface area contributed by atoms with E-state index >= 15 is 0 Å². The van der Waals surface area contributed by atoms with Gasteiger partial charge >= 0.3 is 5.97 Å². The molecule has 2 aliphatic carbocycles. The van der Waals surface area contributed by atoms with Gasteiger partial charge in [-0.05, 0) is 36.5 Å². The lowest BCUT2D eigenvalue weighted by atomic mass is 9.62. The van der Waals surface area contributed by atoms with E-state index in [0.717, 1.165) is 5.57 Å². The van der Waals surface area contributed by atoms with Crippen LogP contribution in [0.5, 0.6) is 17.2 Å². The first-order chi connectivity index (χ1) is 16.8. The topological polar surface area (TPSA) is 89.5 Å². The number of ketones is 1. The second kappa shape index (κ2) is 8.50. The molecule has 0 bridgehead atoms. The quantitative estimate of drug-likeness (QED) is 0.570. The molecule has 8 heteroatoms. The SMILES string of the molecule is CCC(C)C(=O)O[C@H]1c2cc3c(c4c2C2(CO4)C(=O)C(OC)=C(OC)C=C2C[C@H](C)[C@@H]1C)OCO3. The van der Waals surface area contributed by atoms with Gasteiger partial charge < -0.3 is 28.4 Å². The first-order valence-electron chi connectivity index (χ1n) is 12.2. The third-order valence-electron chi connectivity index (χ3n) is 8.09. The number of carbonyl (C=O) groups is 2. The molecule has 5 rings (SSSR count). The molecule has 1 aromatic carbocycles. The van der Waals surface area contributed by atoms with Gasteiger partial charge in [0.15, 0.2) is 17.3 Å². The lowest BCUT2D eigenvalue weighted by molar-refractivity contribution is -0.158. The van der Waals surface area contributed by atoms with Crippen LogP contribution in [0.3, 0.4) is 0 Å². The molecule has 5 atom stereocenters. The number of rotatable bonds is 5. The van der Waals surface area contributed by atoms with E-state index in [1.165, 1.54) is 14.2 Å². The first-order valence-corrected chi connectivity index (χ1v) is 12.2. The van der Waals surface area contributed by atoms with Crippen molar-refractivity contribution in [2.24, 2.45) is 17.8 Å². The molecule has 35 heavy (non-hydrogen) atoms. The van der Waals surface area contributed by atoms with Crippen LogP contribution < -0.4 is 14.2 Å². The molecule has 0 radical (unpaired) electrons. The van der Waals surface area contributed by atoms with E-state index in [1.54, 1.807) is 0 Å². The third-order valence-corrected chi connectivity index (χ3v) is 8.09. The Bertz CT molecular complexity index is 1150. The zero-order chi connectivity index (χ0) is 25.1. The summed E-state index contributed by atoms with van der Waals surface area (Å²) < 4.78 is 35.0. The molecule has 1 aromatic rings. The summed E-state index contributed by atoms with van der Waals surface area (Å²) in [4.78, 5) is 27.2. The number of hydrogen-bond donors (Lipinski definition) is 0. The Balaban J connectivity index is 1.79. The van der Waals surface area contributed by atoms with Crippen LogP contribution in [0.2, 0.25) is 0 Å². The van der Waals surface area contributed by atoms with Crippen molar-refractivity contribution >= 4 is 11.8 Å². The summed E-state index contributed by atoms with van der Waals surface area (Å²) >= 11 is 0. The molecule has 2 heterocycles. The summed E-state index contributed by atoms with van der Waals surface area (Å²) in [5.41, 5.74) is 1.15. The molecule has 0 N–H and O–H groups in total. The number of esters is 1. The molecule has 0 saturated carbocycles. The average Bonchev–Trinajstić information content (AvgIpc) is 3.48. The molecule has 0 saturated heterocycles. The lowest BCUT2D eigenvalue weighted by Gasteiger charge is -2.41. The van der Waals surface area contributed by atoms with Crippen molar-refractivity contribution < 1.29 is 38.0 Å². The molecule has 0 aromatic heterocycles. The number of carbonyl (C=O) groups excluding carboxylic acids is 2. The zero-order valence-corrected chi connectivity index (χ0v) is 21.1. The van der Waals surface area contributed by atoms with Crippen LogP contribution in [0.4, 0.5) is 0 Å². The minimum Gasteiger partial charge on any atom is -0.493 e. The standard InChI is InChI=1S/C27H32O8/c1-7-13(2)26(29)35-21-15(4)14(3)8-16-9-18(30-5)23(31-6)25(28)27(16)11-32-24-20(27)17(21)10-19-22(24)34-12-33-19/h9-10,13-15,21H,7-8,11-12H2,1-6H3/t13?,14-,15-,21+,27?/m0/s1. The molecule has 2 aliphatic heterocycles. The van der Waals surface area contributed by atoms with E-state index in [-0.39, 0.29) is 48.7 Å². The maximum Gasteiger partial charge on any atom is 0.309 e. The molecule has 0 amide bonds. The fourth-order valence-corrected chi connectivity index (χ4v) is 5.59. The second-order valence-electron chi connectivity index (χ2n) is 9.91. The smallest absolute Gasteiger partial charge is 0.309 e. The lowest BCUT2D eigenvalue weighted by Crippen LogP contribution is -2.46. The Hall–Kier alpha value is -3.16. The highest BCUT2D eigenvalue weighted by Gasteiger charge is 2.59. The Morgan fingerprint density at radius 2 is 1.94 bits per heavy atom. The highest BCUT2D eigenvalue weighted by molar-refractivity contribution is 6.08. The van der Waals surface area contributed by atoms with E-state index in [0.29, 0.717) is 47.0 Å². The molecule has 0 fully saturated rings. The van der Waals surface area contributed by atoms with Crippen molar-refractivity contribution in [2.45, 2.75) is 52.1 Å². The Morgan fingerprint density at radius 1 is 1.17 bits per heavy atom. The van der Waals surface area contributed by atoms with Gasteiger partial charge in [0.2, 0.25) is 24.1 Å². The van der Waals surface area contributed by atoms with Gasteiger partial charge in [-0.15, -0.1) is 0 Å². The maximum atomic E-state index is 14.2. The minimum absolute atomic E-state index is 0.0409. The van der Waals surface area contributed by atoms with Crippen molar-refractivity contribution in [2.75, 3.05) is 27.6 Å². The average molecular weight is 485 g/mol. The normalized spacial score (nSPS) is 29.3. The van der Waals surface area contributed by atoms with Crippen molar-refractivity contribution in [3.63, 3.8) is 0 Å². The number of fused-ring (bicyclic) bond motifs is 2. The van der Waals surface area contributed by atoms with Crippen LogP contribution in [0.25, 0.3) is 0 Å². The van der Waals surface area contributed by atoms with Crippen LogP contribution in [-0.2, 0) is 29.2 Å². The maximum absolute atomic E-state index is 14.2. The van der Waals surface area contributed by atoms with Gasteiger partial charge in [0.05, 0.1) is 20.1 Å². The van der Waals surface area contributed by atoms with Crippen LogP contribution >= 0.6 is 0 Å². The third kappa shape index (κ3) is 3.25. The van der Waals surface area contributed by atoms with Gasteiger partial charge in [-0.25, -0.2) is 0 Å². The minimum atomic E-state index is -1.13. The van der Waals surface area contributed by atoms with E-state index in [2.05, 4.69) is 13.8 Å². The Labute approximate surface area is 205 Å². The van der Waals surface area contributed by atoms with Crippen molar-refractivity contribution in [3.8, 4) is 17.2 Å². The van der Waals surface area contributed by atoms with E-state index in [9.17, 15) is 9.59 Å². The van der Waals surface area contributed by atoms with Crippen LogP contribution in [0.15, 0.2) is 29.2 Å². The molecule has 188 valence electrons. The van der Waals surface area contributed by atoms with Gasteiger partial charge in [0, 0.05) is 17.0 Å². The summed E-state index contributed by atoms with van der Waals surface area (Å²) in [5.74, 6) is 1.32.